The van der Waals surface area contributed by atoms with Gasteiger partial charge in [-0.1, -0.05) is 35.9 Å². The Kier molecular flexibility index (Phi) is 2.67. The second-order valence-electron chi connectivity index (χ2n) is 4.44. The number of rotatable bonds is 1. The van der Waals surface area contributed by atoms with Crippen LogP contribution in [0.1, 0.15) is 33.8 Å². The molecule has 1 aliphatic carbocycles. The lowest BCUT2D eigenvalue weighted by Crippen LogP contribution is -1.96. The van der Waals surface area contributed by atoms with Crippen LogP contribution in [0.4, 0.5) is 4.39 Å². The Hall–Kier alpha value is -1.67. The van der Waals surface area contributed by atoms with Gasteiger partial charge in [0.15, 0.2) is 5.78 Å². The van der Waals surface area contributed by atoms with Crippen LogP contribution in [0.5, 0.6) is 0 Å². The van der Waals surface area contributed by atoms with Crippen LogP contribution in [-0.4, -0.2) is 5.78 Å². The number of benzene rings is 2. The molecule has 0 bridgehead atoms. The van der Waals surface area contributed by atoms with Crippen LogP contribution in [-0.2, 0) is 0 Å². The van der Waals surface area contributed by atoms with Gasteiger partial charge in [0.05, 0.1) is 5.02 Å². The molecular formula is C15H10ClFO. The van der Waals surface area contributed by atoms with Crippen LogP contribution in [0.3, 0.4) is 0 Å². The van der Waals surface area contributed by atoms with Crippen LogP contribution in [0.25, 0.3) is 0 Å². The van der Waals surface area contributed by atoms with Gasteiger partial charge in [-0.05, 0) is 29.3 Å². The standard InChI is InChI=1S/C15H10ClFO/c16-13-3-1-2-11-12(8-14(18)15(11)13)9-4-6-10(17)7-5-9/h1-7,12H,8H2/t12-/m0/s1. The first-order chi connectivity index (χ1) is 8.66. The average Bonchev–Trinajstić information content (AvgIpc) is 2.69. The minimum atomic E-state index is -0.269. The normalized spacial score (nSPS) is 17.9. The number of Topliss-reactive ketones (excluding diaryl/α,β-unsaturated/α-hetero) is 1. The highest BCUT2D eigenvalue weighted by atomic mass is 35.5. The summed E-state index contributed by atoms with van der Waals surface area (Å²) in [6.45, 7) is 0. The van der Waals surface area contributed by atoms with Gasteiger partial charge in [-0.2, -0.15) is 0 Å². The van der Waals surface area contributed by atoms with Gasteiger partial charge in [0, 0.05) is 17.9 Å². The number of ketones is 1. The first-order valence-corrected chi connectivity index (χ1v) is 6.11. The van der Waals surface area contributed by atoms with Crippen molar-refractivity contribution in [3.63, 3.8) is 0 Å². The van der Waals surface area contributed by atoms with E-state index >= 15 is 0 Å². The maximum absolute atomic E-state index is 12.9. The number of halogens is 2. The van der Waals surface area contributed by atoms with E-state index in [4.69, 9.17) is 11.6 Å². The highest BCUT2D eigenvalue weighted by Gasteiger charge is 2.31. The minimum absolute atomic E-state index is 0.00759. The predicted octanol–water partition coefficient (Wildman–Crippen LogP) is 4.20. The SMILES string of the molecule is O=C1C[C@@H](c2ccc(F)cc2)c2cccc(Cl)c21. The smallest absolute Gasteiger partial charge is 0.165 e. The Labute approximate surface area is 109 Å². The summed E-state index contributed by atoms with van der Waals surface area (Å²) >= 11 is 6.06. The number of fused-ring (bicyclic) bond motifs is 1. The Bertz CT molecular complexity index is 619. The lowest BCUT2D eigenvalue weighted by atomic mass is 9.93. The monoisotopic (exact) mass is 260 g/mol. The second kappa shape index (κ2) is 4.21. The van der Waals surface area contributed by atoms with Gasteiger partial charge in [0.1, 0.15) is 5.82 Å². The van der Waals surface area contributed by atoms with Gasteiger partial charge >= 0.3 is 0 Å². The van der Waals surface area contributed by atoms with E-state index in [0.29, 0.717) is 17.0 Å². The molecule has 0 saturated carbocycles. The Balaban J connectivity index is 2.10. The van der Waals surface area contributed by atoms with Gasteiger partial charge in [-0.3, -0.25) is 4.79 Å². The summed E-state index contributed by atoms with van der Waals surface area (Å²) in [5.74, 6) is -0.217. The fourth-order valence-corrected chi connectivity index (χ4v) is 2.80. The lowest BCUT2D eigenvalue weighted by molar-refractivity contribution is 0.0991. The van der Waals surface area contributed by atoms with Crippen molar-refractivity contribution in [3.05, 3.63) is 70.0 Å². The lowest BCUT2D eigenvalue weighted by Gasteiger charge is -2.11. The molecule has 0 aromatic heterocycles. The van der Waals surface area contributed by atoms with Crippen molar-refractivity contribution in [3.8, 4) is 0 Å². The molecule has 1 atom stereocenters. The summed E-state index contributed by atoms with van der Waals surface area (Å²) in [6.07, 6.45) is 0.407. The maximum atomic E-state index is 12.9. The molecule has 0 radical (unpaired) electrons. The van der Waals surface area contributed by atoms with Crippen molar-refractivity contribution < 1.29 is 9.18 Å². The number of hydrogen-bond donors (Lipinski definition) is 0. The fourth-order valence-electron chi connectivity index (χ4n) is 2.52. The van der Waals surface area contributed by atoms with E-state index in [1.54, 1.807) is 18.2 Å². The van der Waals surface area contributed by atoms with E-state index in [-0.39, 0.29) is 17.5 Å². The summed E-state index contributed by atoms with van der Waals surface area (Å²) in [5, 5.41) is 0.502. The summed E-state index contributed by atoms with van der Waals surface area (Å²) in [7, 11) is 0. The molecule has 3 rings (SSSR count). The van der Waals surface area contributed by atoms with Crippen LogP contribution in [0.2, 0.25) is 5.02 Å². The van der Waals surface area contributed by atoms with Gasteiger partial charge in [0.2, 0.25) is 0 Å². The molecule has 0 fully saturated rings. The molecule has 18 heavy (non-hydrogen) atoms. The summed E-state index contributed by atoms with van der Waals surface area (Å²) in [6, 6.07) is 11.8. The predicted molar refractivity (Wildman–Crippen MR) is 68.6 cm³/mol. The minimum Gasteiger partial charge on any atom is -0.294 e. The molecule has 0 aliphatic heterocycles. The van der Waals surface area contributed by atoms with E-state index in [1.165, 1.54) is 12.1 Å². The second-order valence-corrected chi connectivity index (χ2v) is 4.84. The first-order valence-electron chi connectivity index (χ1n) is 5.74. The van der Waals surface area contributed by atoms with Crippen LogP contribution in [0, 0.1) is 5.82 Å². The number of carbonyl (C=O) groups is 1. The fraction of sp³-hybridized carbons (Fsp3) is 0.133. The van der Waals surface area contributed by atoms with E-state index < -0.39 is 0 Å². The largest absolute Gasteiger partial charge is 0.294 e. The Morgan fingerprint density at radius 1 is 1.11 bits per heavy atom. The van der Waals surface area contributed by atoms with Gasteiger partial charge in [-0.15, -0.1) is 0 Å². The molecule has 0 saturated heterocycles. The topological polar surface area (TPSA) is 17.1 Å². The third-order valence-corrected chi connectivity index (χ3v) is 3.68. The molecule has 2 aromatic rings. The number of hydrogen-bond acceptors (Lipinski definition) is 1. The van der Waals surface area contributed by atoms with Crippen LogP contribution in [0.15, 0.2) is 42.5 Å². The molecule has 0 N–H and O–H groups in total. The van der Waals surface area contributed by atoms with E-state index in [0.717, 1.165) is 11.1 Å². The van der Waals surface area contributed by atoms with Gasteiger partial charge in [0.25, 0.3) is 0 Å². The molecule has 0 heterocycles. The third-order valence-electron chi connectivity index (χ3n) is 3.36. The molecule has 3 heteroatoms. The van der Waals surface area contributed by atoms with E-state index in [1.807, 2.05) is 12.1 Å². The van der Waals surface area contributed by atoms with Crippen molar-refractivity contribution in [2.24, 2.45) is 0 Å². The molecule has 1 nitrogen and oxygen atoms in total. The van der Waals surface area contributed by atoms with Crippen molar-refractivity contribution in [2.75, 3.05) is 0 Å². The van der Waals surface area contributed by atoms with Crippen molar-refractivity contribution >= 4 is 17.4 Å². The molecule has 1 aliphatic rings. The van der Waals surface area contributed by atoms with Gasteiger partial charge in [-0.25, -0.2) is 4.39 Å². The quantitative estimate of drug-likeness (QED) is 0.751. The Morgan fingerprint density at radius 3 is 2.56 bits per heavy atom. The molecule has 90 valence electrons. The molecule has 0 amide bonds. The summed E-state index contributed by atoms with van der Waals surface area (Å²) in [4.78, 5) is 12.0. The first kappa shape index (κ1) is 11.4. The average molecular weight is 261 g/mol. The van der Waals surface area contributed by atoms with Gasteiger partial charge < -0.3 is 0 Å². The zero-order valence-corrected chi connectivity index (χ0v) is 10.2. The number of carbonyl (C=O) groups excluding carboxylic acids is 1. The third kappa shape index (κ3) is 1.73. The highest BCUT2D eigenvalue weighted by Crippen LogP contribution is 2.40. The summed E-state index contributed by atoms with van der Waals surface area (Å²) in [5.41, 5.74) is 2.51. The van der Waals surface area contributed by atoms with Crippen molar-refractivity contribution in [1.82, 2.24) is 0 Å². The molecular weight excluding hydrogens is 251 g/mol. The van der Waals surface area contributed by atoms with Crippen molar-refractivity contribution in [1.29, 1.82) is 0 Å². The molecule has 0 unspecified atom stereocenters. The van der Waals surface area contributed by atoms with E-state index in [2.05, 4.69) is 0 Å². The summed E-state index contributed by atoms with van der Waals surface area (Å²) < 4.78 is 12.9. The van der Waals surface area contributed by atoms with Crippen LogP contribution >= 0.6 is 11.6 Å². The molecule has 0 spiro atoms. The maximum Gasteiger partial charge on any atom is 0.165 e. The zero-order valence-electron chi connectivity index (χ0n) is 9.49. The van der Waals surface area contributed by atoms with Crippen LogP contribution < -0.4 is 0 Å². The molecule has 2 aromatic carbocycles. The highest BCUT2D eigenvalue weighted by molar-refractivity contribution is 6.34. The Morgan fingerprint density at radius 2 is 1.83 bits per heavy atom. The van der Waals surface area contributed by atoms with Crippen molar-refractivity contribution in [2.45, 2.75) is 12.3 Å². The zero-order chi connectivity index (χ0) is 12.7. The van der Waals surface area contributed by atoms with E-state index in [9.17, 15) is 9.18 Å².